The Kier molecular flexibility index (Phi) is 3.57. The Labute approximate surface area is 88.3 Å². The summed E-state index contributed by atoms with van der Waals surface area (Å²) >= 11 is 0. The first kappa shape index (κ1) is 11.1. The van der Waals surface area contributed by atoms with Crippen LogP contribution in [-0.4, -0.2) is 7.28 Å². The molecular weight excluding hydrogens is 167 g/mol. The standard InChI is InChI=1S/C13H19B/c1-9(2)12(5)14-13-7-6-10(3)8-11(13)4/h6-9,14H,5H2,1-4H3. The van der Waals surface area contributed by atoms with Gasteiger partial charge >= 0.3 is 0 Å². The van der Waals surface area contributed by atoms with Crippen molar-refractivity contribution in [3.63, 3.8) is 0 Å². The maximum atomic E-state index is 4.11. The van der Waals surface area contributed by atoms with Crippen LogP contribution in [0, 0.1) is 19.8 Å². The molecule has 74 valence electrons. The van der Waals surface area contributed by atoms with Crippen LogP contribution in [0.2, 0.25) is 0 Å². The number of hydrogen-bond acceptors (Lipinski definition) is 0. The second-order valence-electron chi connectivity index (χ2n) is 4.42. The van der Waals surface area contributed by atoms with Gasteiger partial charge in [0.2, 0.25) is 0 Å². The number of hydrogen-bond donors (Lipinski definition) is 0. The summed E-state index contributed by atoms with van der Waals surface area (Å²) < 4.78 is 0. The first-order valence-electron chi connectivity index (χ1n) is 5.24. The van der Waals surface area contributed by atoms with Crippen molar-refractivity contribution >= 4 is 12.7 Å². The smallest absolute Gasteiger partial charge is 0.108 e. The van der Waals surface area contributed by atoms with Gasteiger partial charge in [0.05, 0.1) is 0 Å². The lowest BCUT2D eigenvalue weighted by molar-refractivity contribution is 0.814. The minimum absolute atomic E-state index is 0.579. The average molecular weight is 186 g/mol. The van der Waals surface area contributed by atoms with Crippen molar-refractivity contribution in [1.29, 1.82) is 0 Å². The van der Waals surface area contributed by atoms with E-state index in [1.165, 1.54) is 22.1 Å². The molecule has 14 heavy (non-hydrogen) atoms. The zero-order valence-electron chi connectivity index (χ0n) is 9.72. The Morgan fingerprint density at radius 1 is 1.29 bits per heavy atom. The molecule has 0 unspecified atom stereocenters. The first-order valence-corrected chi connectivity index (χ1v) is 5.24. The first-order chi connectivity index (χ1) is 6.50. The lowest BCUT2D eigenvalue weighted by atomic mass is 9.59. The predicted molar refractivity (Wildman–Crippen MR) is 66.7 cm³/mol. The third-order valence-corrected chi connectivity index (χ3v) is 2.73. The fourth-order valence-electron chi connectivity index (χ4n) is 1.49. The summed E-state index contributed by atoms with van der Waals surface area (Å²) in [7, 11) is 1.02. The molecule has 0 aliphatic carbocycles. The van der Waals surface area contributed by atoms with Gasteiger partial charge < -0.3 is 0 Å². The zero-order valence-corrected chi connectivity index (χ0v) is 9.72. The molecule has 0 saturated heterocycles. The van der Waals surface area contributed by atoms with Crippen LogP contribution in [0.15, 0.2) is 30.3 Å². The van der Waals surface area contributed by atoms with E-state index in [-0.39, 0.29) is 0 Å². The molecular formula is C13H19B. The summed E-state index contributed by atoms with van der Waals surface area (Å²) in [5.74, 6) is 0.579. The van der Waals surface area contributed by atoms with Gasteiger partial charge in [-0.25, -0.2) is 0 Å². The third kappa shape index (κ3) is 2.76. The summed E-state index contributed by atoms with van der Waals surface area (Å²) in [5, 5.41) is 0. The highest BCUT2D eigenvalue weighted by Crippen LogP contribution is 2.06. The van der Waals surface area contributed by atoms with E-state index in [2.05, 4.69) is 52.5 Å². The quantitative estimate of drug-likeness (QED) is 0.636. The van der Waals surface area contributed by atoms with Crippen molar-refractivity contribution in [3.8, 4) is 0 Å². The third-order valence-electron chi connectivity index (χ3n) is 2.73. The van der Waals surface area contributed by atoms with Crippen LogP contribution in [0.1, 0.15) is 25.0 Å². The summed E-state index contributed by atoms with van der Waals surface area (Å²) in [6.07, 6.45) is 0. The van der Waals surface area contributed by atoms with Gasteiger partial charge in [0.15, 0.2) is 7.28 Å². The molecule has 0 fully saturated rings. The fourth-order valence-corrected chi connectivity index (χ4v) is 1.49. The molecule has 0 aliphatic heterocycles. The molecule has 0 aliphatic rings. The summed E-state index contributed by atoms with van der Waals surface area (Å²) in [5.41, 5.74) is 5.44. The van der Waals surface area contributed by atoms with Gasteiger partial charge in [0.1, 0.15) is 0 Å². The molecule has 0 atom stereocenters. The van der Waals surface area contributed by atoms with E-state index in [1.54, 1.807) is 0 Å². The Balaban J connectivity index is 2.82. The largest absolute Gasteiger partial charge is 0.186 e. The summed E-state index contributed by atoms with van der Waals surface area (Å²) in [6.45, 7) is 12.8. The van der Waals surface area contributed by atoms with Crippen LogP contribution in [0.3, 0.4) is 0 Å². The summed E-state index contributed by atoms with van der Waals surface area (Å²) in [6, 6.07) is 6.64. The van der Waals surface area contributed by atoms with E-state index < -0.39 is 0 Å². The van der Waals surface area contributed by atoms with Gasteiger partial charge in [0.25, 0.3) is 0 Å². The molecule has 0 saturated carbocycles. The molecule has 1 rings (SSSR count). The molecule has 0 heterocycles. The molecule has 0 radical (unpaired) electrons. The minimum atomic E-state index is 0.579. The Hall–Kier alpha value is -0.975. The van der Waals surface area contributed by atoms with E-state index >= 15 is 0 Å². The van der Waals surface area contributed by atoms with Gasteiger partial charge in [0, 0.05) is 0 Å². The maximum Gasteiger partial charge on any atom is 0.186 e. The van der Waals surface area contributed by atoms with Gasteiger partial charge in [-0.2, -0.15) is 0 Å². The average Bonchev–Trinajstić information content (AvgIpc) is 2.09. The second-order valence-corrected chi connectivity index (χ2v) is 4.42. The Bertz CT molecular complexity index is 337. The molecule has 0 nitrogen and oxygen atoms in total. The zero-order chi connectivity index (χ0) is 10.7. The number of benzene rings is 1. The number of allylic oxidation sites excluding steroid dienone is 1. The number of aryl methyl sites for hydroxylation is 2. The highest BCUT2D eigenvalue weighted by Gasteiger charge is 2.06. The van der Waals surface area contributed by atoms with Gasteiger partial charge in [-0.1, -0.05) is 48.6 Å². The lowest BCUT2D eigenvalue weighted by Gasteiger charge is -2.10. The molecule has 1 aromatic rings. The van der Waals surface area contributed by atoms with E-state index in [9.17, 15) is 0 Å². The van der Waals surface area contributed by atoms with Crippen LogP contribution in [0.25, 0.3) is 0 Å². The van der Waals surface area contributed by atoms with Crippen molar-refractivity contribution in [2.75, 3.05) is 0 Å². The van der Waals surface area contributed by atoms with Crippen molar-refractivity contribution in [2.45, 2.75) is 27.7 Å². The summed E-state index contributed by atoms with van der Waals surface area (Å²) in [4.78, 5) is 0. The maximum absolute atomic E-state index is 4.11. The predicted octanol–water partition coefficient (Wildman–Crippen LogP) is 2.53. The second kappa shape index (κ2) is 4.50. The molecule has 0 spiro atoms. The molecule has 0 amide bonds. The van der Waals surface area contributed by atoms with E-state index in [0.717, 1.165) is 7.28 Å². The van der Waals surface area contributed by atoms with E-state index in [4.69, 9.17) is 0 Å². The minimum Gasteiger partial charge on any atom is -0.108 e. The van der Waals surface area contributed by atoms with Crippen LogP contribution in [0.5, 0.6) is 0 Å². The van der Waals surface area contributed by atoms with Crippen molar-refractivity contribution in [3.05, 3.63) is 41.4 Å². The molecule has 1 heteroatoms. The fraction of sp³-hybridized carbons (Fsp3) is 0.385. The monoisotopic (exact) mass is 186 g/mol. The van der Waals surface area contributed by atoms with E-state index in [1.807, 2.05) is 0 Å². The van der Waals surface area contributed by atoms with Crippen molar-refractivity contribution in [2.24, 2.45) is 5.92 Å². The van der Waals surface area contributed by atoms with Crippen molar-refractivity contribution < 1.29 is 0 Å². The van der Waals surface area contributed by atoms with Crippen molar-refractivity contribution in [1.82, 2.24) is 0 Å². The molecule has 0 N–H and O–H groups in total. The van der Waals surface area contributed by atoms with Crippen LogP contribution < -0.4 is 5.46 Å². The highest BCUT2D eigenvalue weighted by molar-refractivity contribution is 6.61. The Morgan fingerprint density at radius 2 is 1.93 bits per heavy atom. The highest BCUT2D eigenvalue weighted by atomic mass is 14.0. The molecule has 0 bridgehead atoms. The van der Waals surface area contributed by atoms with Gasteiger partial charge in [-0.3, -0.25) is 0 Å². The number of rotatable bonds is 3. The van der Waals surface area contributed by atoms with Gasteiger partial charge in [-0.05, 0) is 19.8 Å². The SMILES string of the molecule is C=C(Bc1ccc(C)cc1C)C(C)C. The topological polar surface area (TPSA) is 0 Å². The van der Waals surface area contributed by atoms with E-state index in [0.29, 0.717) is 5.92 Å². The van der Waals surface area contributed by atoms with Gasteiger partial charge in [-0.15, -0.1) is 12.1 Å². The lowest BCUT2D eigenvalue weighted by Crippen LogP contribution is -2.21. The van der Waals surface area contributed by atoms with Crippen LogP contribution in [-0.2, 0) is 0 Å². The van der Waals surface area contributed by atoms with Crippen LogP contribution >= 0.6 is 0 Å². The Morgan fingerprint density at radius 3 is 2.43 bits per heavy atom. The normalized spacial score (nSPS) is 10.4. The van der Waals surface area contributed by atoms with Crippen LogP contribution in [0.4, 0.5) is 0 Å². The molecule has 1 aromatic carbocycles. The molecule has 0 aromatic heterocycles.